The summed E-state index contributed by atoms with van der Waals surface area (Å²) < 4.78 is 0. The summed E-state index contributed by atoms with van der Waals surface area (Å²) in [5, 5.41) is 2.92. The quantitative estimate of drug-likeness (QED) is 0.873. The van der Waals surface area contributed by atoms with Crippen LogP contribution in [0.25, 0.3) is 0 Å². The highest BCUT2D eigenvalue weighted by atomic mass is 16.2. The molecule has 1 aromatic heterocycles. The number of hydrogen-bond acceptors (Lipinski definition) is 3. The molecule has 0 spiro atoms. The number of likely N-dealkylation sites (tertiary alicyclic amines) is 1. The van der Waals surface area contributed by atoms with Gasteiger partial charge in [-0.3, -0.25) is 14.6 Å². The molecule has 1 N–H and O–H groups in total. The van der Waals surface area contributed by atoms with Crippen molar-refractivity contribution in [2.24, 2.45) is 11.8 Å². The average molecular weight is 313 g/mol. The van der Waals surface area contributed by atoms with Crippen LogP contribution in [-0.4, -0.2) is 34.8 Å². The minimum Gasteiger partial charge on any atom is -0.342 e. The molecule has 2 aliphatic rings. The predicted molar refractivity (Wildman–Crippen MR) is 88.7 cm³/mol. The molecule has 0 radical (unpaired) electrons. The van der Waals surface area contributed by atoms with E-state index in [9.17, 15) is 9.59 Å². The first-order chi connectivity index (χ1) is 11.3. The number of carbonyl (C=O) groups excluding carboxylic acids is 2. The molecular weight excluding hydrogens is 290 g/mol. The number of aromatic nitrogens is 1. The molecule has 0 bridgehead atoms. The van der Waals surface area contributed by atoms with E-state index in [0.717, 1.165) is 31.6 Å². The first-order valence-corrected chi connectivity index (χ1v) is 8.40. The van der Waals surface area contributed by atoms with E-state index in [-0.39, 0.29) is 23.7 Å². The molecule has 2 unspecified atom stereocenters. The van der Waals surface area contributed by atoms with Crippen LogP contribution in [0.2, 0.25) is 0 Å². The number of hydrogen-bond donors (Lipinski definition) is 1. The van der Waals surface area contributed by atoms with Crippen molar-refractivity contribution in [2.75, 3.05) is 18.4 Å². The van der Waals surface area contributed by atoms with Gasteiger partial charge in [-0.25, -0.2) is 0 Å². The molecule has 1 aliphatic heterocycles. The van der Waals surface area contributed by atoms with Gasteiger partial charge in [0.25, 0.3) is 0 Å². The number of nitrogens with one attached hydrogen (secondary N) is 1. The molecule has 5 heteroatoms. The van der Waals surface area contributed by atoms with Crippen LogP contribution >= 0.6 is 0 Å². The van der Waals surface area contributed by atoms with Gasteiger partial charge in [-0.2, -0.15) is 0 Å². The van der Waals surface area contributed by atoms with E-state index in [2.05, 4.69) is 10.3 Å². The number of carbonyl (C=O) groups is 2. The maximum absolute atomic E-state index is 12.8. The molecule has 0 aromatic carbocycles. The van der Waals surface area contributed by atoms with Crippen molar-refractivity contribution in [3.63, 3.8) is 0 Å². The molecule has 1 aromatic rings. The fourth-order valence-corrected chi connectivity index (χ4v) is 3.40. The van der Waals surface area contributed by atoms with Gasteiger partial charge in [0.1, 0.15) is 0 Å². The fraction of sp³-hybridized carbons (Fsp3) is 0.500. The Labute approximate surface area is 136 Å². The Hall–Kier alpha value is -2.17. The number of piperidine rings is 1. The minimum atomic E-state index is -0.289. The zero-order valence-electron chi connectivity index (χ0n) is 13.3. The van der Waals surface area contributed by atoms with E-state index in [1.54, 1.807) is 24.5 Å². The number of anilines is 1. The fourth-order valence-electron chi connectivity index (χ4n) is 3.40. The predicted octanol–water partition coefficient (Wildman–Crippen LogP) is 2.62. The van der Waals surface area contributed by atoms with Crippen LogP contribution in [0.15, 0.2) is 36.7 Å². The van der Waals surface area contributed by atoms with Gasteiger partial charge in [0.2, 0.25) is 11.8 Å². The van der Waals surface area contributed by atoms with Crippen molar-refractivity contribution in [1.82, 2.24) is 9.88 Å². The number of nitrogens with zero attached hydrogens (tertiary/aromatic N) is 2. The number of pyridine rings is 1. The maximum Gasteiger partial charge on any atom is 0.228 e. The zero-order valence-corrected chi connectivity index (χ0v) is 13.3. The molecule has 2 atom stereocenters. The SMILES string of the molecule is O=C(Nc1ccncc1)C1CC=CCC1C(=O)N1CCCCC1. The molecule has 1 saturated heterocycles. The van der Waals surface area contributed by atoms with Gasteiger partial charge in [-0.15, -0.1) is 0 Å². The van der Waals surface area contributed by atoms with Crippen LogP contribution in [0.4, 0.5) is 5.69 Å². The van der Waals surface area contributed by atoms with Crippen LogP contribution in [-0.2, 0) is 9.59 Å². The third kappa shape index (κ3) is 3.78. The van der Waals surface area contributed by atoms with Crippen molar-refractivity contribution in [3.05, 3.63) is 36.7 Å². The monoisotopic (exact) mass is 313 g/mol. The molecule has 3 rings (SSSR count). The Bertz CT molecular complexity index is 579. The van der Waals surface area contributed by atoms with E-state index < -0.39 is 0 Å². The van der Waals surface area contributed by atoms with Crippen LogP contribution in [0.1, 0.15) is 32.1 Å². The van der Waals surface area contributed by atoms with Gasteiger partial charge in [0.15, 0.2) is 0 Å². The van der Waals surface area contributed by atoms with Crippen molar-refractivity contribution in [2.45, 2.75) is 32.1 Å². The molecule has 1 fully saturated rings. The summed E-state index contributed by atoms with van der Waals surface area (Å²) in [5.41, 5.74) is 0.726. The van der Waals surface area contributed by atoms with Crippen LogP contribution in [0, 0.1) is 11.8 Å². The summed E-state index contributed by atoms with van der Waals surface area (Å²) in [4.78, 5) is 31.3. The number of rotatable bonds is 3. The second kappa shape index (κ2) is 7.40. The Morgan fingerprint density at radius 3 is 2.35 bits per heavy atom. The van der Waals surface area contributed by atoms with Gasteiger partial charge < -0.3 is 10.2 Å². The highest BCUT2D eigenvalue weighted by Crippen LogP contribution is 2.29. The van der Waals surface area contributed by atoms with Gasteiger partial charge in [-0.1, -0.05) is 12.2 Å². The lowest BCUT2D eigenvalue weighted by Crippen LogP contribution is -2.45. The second-order valence-corrected chi connectivity index (χ2v) is 6.27. The largest absolute Gasteiger partial charge is 0.342 e. The normalized spacial score (nSPS) is 24.3. The van der Waals surface area contributed by atoms with Gasteiger partial charge in [0.05, 0.1) is 11.8 Å². The highest BCUT2D eigenvalue weighted by molar-refractivity contribution is 5.96. The standard InChI is InChI=1S/C18H23N3O2/c22-17(20-14-8-10-19-11-9-14)15-6-2-3-7-16(15)18(23)21-12-4-1-5-13-21/h2-3,8-11,15-16H,1,4-7,12-13H2,(H,19,20,22). The van der Waals surface area contributed by atoms with Crippen molar-refractivity contribution in [1.29, 1.82) is 0 Å². The smallest absolute Gasteiger partial charge is 0.228 e. The summed E-state index contributed by atoms with van der Waals surface area (Å²) in [6.07, 6.45) is 12.0. The van der Waals surface area contributed by atoms with E-state index in [1.165, 1.54) is 6.42 Å². The Kier molecular flexibility index (Phi) is 5.05. The van der Waals surface area contributed by atoms with Crippen LogP contribution in [0.5, 0.6) is 0 Å². The van der Waals surface area contributed by atoms with Crippen LogP contribution in [0.3, 0.4) is 0 Å². The molecule has 2 heterocycles. The van der Waals surface area contributed by atoms with Crippen molar-refractivity contribution >= 4 is 17.5 Å². The summed E-state index contributed by atoms with van der Waals surface area (Å²) in [6.45, 7) is 1.66. The Morgan fingerprint density at radius 1 is 1.00 bits per heavy atom. The summed E-state index contributed by atoms with van der Waals surface area (Å²) in [5.74, 6) is -0.456. The second-order valence-electron chi connectivity index (χ2n) is 6.27. The molecule has 1 aliphatic carbocycles. The topological polar surface area (TPSA) is 62.3 Å². The lowest BCUT2D eigenvalue weighted by molar-refractivity contribution is -0.141. The van der Waals surface area contributed by atoms with E-state index in [1.807, 2.05) is 17.1 Å². The van der Waals surface area contributed by atoms with E-state index >= 15 is 0 Å². The summed E-state index contributed by atoms with van der Waals surface area (Å²) >= 11 is 0. The number of amides is 2. The third-order valence-electron chi connectivity index (χ3n) is 4.70. The molecule has 5 nitrogen and oxygen atoms in total. The highest BCUT2D eigenvalue weighted by Gasteiger charge is 2.36. The van der Waals surface area contributed by atoms with Crippen molar-refractivity contribution < 1.29 is 9.59 Å². The summed E-state index contributed by atoms with van der Waals surface area (Å²) in [7, 11) is 0. The van der Waals surface area contributed by atoms with Crippen LogP contribution < -0.4 is 5.32 Å². The first-order valence-electron chi connectivity index (χ1n) is 8.40. The van der Waals surface area contributed by atoms with Gasteiger partial charge in [0, 0.05) is 31.2 Å². The lowest BCUT2D eigenvalue weighted by atomic mass is 9.81. The Balaban J connectivity index is 1.69. The number of allylic oxidation sites excluding steroid dienone is 2. The molecule has 122 valence electrons. The van der Waals surface area contributed by atoms with Gasteiger partial charge >= 0.3 is 0 Å². The lowest BCUT2D eigenvalue weighted by Gasteiger charge is -2.34. The minimum absolute atomic E-state index is 0.0732. The Morgan fingerprint density at radius 2 is 1.65 bits per heavy atom. The average Bonchev–Trinajstić information content (AvgIpc) is 2.62. The summed E-state index contributed by atoms with van der Waals surface area (Å²) in [6, 6.07) is 3.52. The zero-order chi connectivity index (χ0) is 16.1. The molecular formula is C18H23N3O2. The third-order valence-corrected chi connectivity index (χ3v) is 4.70. The molecule has 0 saturated carbocycles. The van der Waals surface area contributed by atoms with Gasteiger partial charge in [-0.05, 0) is 44.2 Å². The van der Waals surface area contributed by atoms with E-state index in [0.29, 0.717) is 12.8 Å². The molecule has 2 amide bonds. The first kappa shape index (κ1) is 15.7. The van der Waals surface area contributed by atoms with E-state index in [4.69, 9.17) is 0 Å². The van der Waals surface area contributed by atoms with Crippen molar-refractivity contribution in [3.8, 4) is 0 Å². The molecule has 23 heavy (non-hydrogen) atoms. The maximum atomic E-state index is 12.8.